The highest BCUT2D eigenvalue weighted by molar-refractivity contribution is 7.98. The Hall–Kier alpha value is -0.750. The number of aromatic nitrogens is 2. The Morgan fingerprint density at radius 2 is 2.06 bits per heavy atom. The molecule has 0 spiro atoms. The van der Waals surface area contributed by atoms with E-state index in [0.29, 0.717) is 29.8 Å². The quantitative estimate of drug-likeness (QED) is 0.756. The summed E-state index contributed by atoms with van der Waals surface area (Å²) in [5.41, 5.74) is 6.46. The molecule has 0 saturated heterocycles. The molecule has 0 saturated carbocycles. The molecule has 1 heterocycles. The Morgan fingerprint density at radius 3 is 2.78 bits per heavy atom. The molecule has 7 heteroatoms. The summed E-state index contributed by atoms with van der Waals surface area (Å²) in [5.74, 6) is 1.29. The van der Waals surface area contributed by atoms with Crippen molar-refractivity contribution < 1.29 is 16.8 Å². The summed E-state index contributed by atoms with van der Waals surface area (Å²) in [7, 11) is 0. The number of nitrogens with zero attached hydrogens (tertiary/aromatic N) is 2. The van der Waals surface area contributed by atoms with Crippen LogP contribution in [0.4, 0.5) is 0 Å². The average molecular weight is 305 g/mol. The first-order valence-electron chi connectivity index (χ1n) is 5.18. The standard InChI is InChI=1S/C11H12ClN3OS.ClH/c12-9-4-2-1-3-8(9)7-17-11-15-14-10(16-11)5-6-13;/h1-4H,5-7,13H2;1H/p-1. The Morgan fingerprint density at radius 1 is 1.28 bits per heavy atom. The lowest BCUT2D eigenvalue weighted by Gasteiger charge is -2.00. The van der Waals surface area contributed by atoms with Crippen molar-refractivity contribution in [2.75, 3.05) is 6.54 Å². The van der Waals surface area contributed by atoms with Gasteiger partial charge >= 0.3 is 0 Å². The molecular weight excluding hydrogens is 293 g/mol. The summed E-state index contributed by atoms with van der Waals surface area (Å²) in [4.78, 5) is 0. The fraction of sp³-hybridized carbons (Fsp3) is 0.273. The highest BCUT2D eigenvalue weighted by Crippen LogP contribution is 2.25. The van der Waals surface area contributed by atoms with Crippen LogP contribution in [-0.2, 0) is 12.2 Å². The average Bonchev–Trinajstić information content (AvgIpc) is 2.76. The maximum Gasteiger partial charge on any atom is 0.276 e. The molecule has 0 aliphatic rings. The first-order valence-corrected chi connectivity index (χ1v) is 6.54. The van der Waals surface area contributed by atoms with Crippen molar-refractivity contribution in [1.82, 2.24) is 10.2 Å². The molecule has 2 N–H and O–H groups in total. The van der Waals surface area contributed by atoms with E-state index >= 15 is 0 Å². The van der Waals surface area contributed by atoms with E-state index in [-0.39, 0.29) is 12.4 Å². The zero-order chi connectivity index (χ0) is 12.1. The summed E-state index contributed by atoms with van der Waals surface area (Å²) < 4.78 is 5.40. The van der Waals surface area contributed by atoms with E-state index in [1.165, 1.54) is 11.8 Å². The monoisotopic (exact) mass is 304 g/mol. The van der Waals surface area contributed by atoms with Crippen molar-refractivity contribution in [3.05, 3.63) is 40.7 Å². The summed E-state index contributed by atoms with van der Waals surface area (Å²) in [6.07, 6.45) is 0.611. The van der Waals surface area contributed by atoms with Gasteiger partial charge in [0.15, 0.2) is 0 Å². The van der Waals surface area contributed by atoms with E-state index < -0.39 is 0 Å². The number of nitrogens with two attached hydrogens (primary N) is 1. The molecule has 4 nitrogen and oxygen atoms in total. The van der Waals surface area contributed by atoms with Gasteiger partial charge in [0.2, 0.25) is 5.89 Å². The summed E-state index contributed by atoms with van der Waals surface area (Å²) in [6.45, 7) is 0.511. The van der Waals surface area contributed by atoms with Gasteiger partial charge in [-0.2, -0.15) is 0 Å². The topological polar surface area (TPSA) is 64.9 Å². The van der Waals surface area contributed by atoms with E-state index in [1.54, 1.807) is 0 Å². The summed E-state index contributed by atoms with van der Waals surface area (Å²) >= 11 is 7.52. The van der Waals surface area contributed by atoms with E-state index in [2.05, 4.69) is 10.2 Å². The molecule has 18 heavy (non-hydrogen) atoms. The number of hydrogen-bond acceptors (Lipinski definition) is 5. The molecule has 98 valence electrons. The zero-order valence-corrected chi connectivity index (χ0v) is 11.8. The third-order valence-electron chi connectivity index (χ3n) is 2.12. The van der Waals surface area contributed by atoms with Crippen LogP contribution in [0, 0.1) is 0 Å². The number of thioether (sulfide) groups is 1. The van der Waals surface area contributed by atoms with Crippen LogP contribution in [0.3, 0.4) is 0 Å². The normalized spacial score (nSPS) is 10.1. The van der Waals surface area contributed by atoms with Crippen LogP contribution in [-0.4, -0.2) is 16.7 Å². The minimum absolute atomic E-state index is 0. The summed E-state index contributed by atoms with van der Waals surface area (Å²) in [5, 5.41) is 9.12. The van der Waals surface area contributed by atoms with Crippen molar-refractivity contribution >= 4 is 23.4 Å². The molecule has 1 aromatic heterocycles. The van der Waals surface area contributed by atoms with Gasteiger partial charge < -0.3 is 22.6 Å². The van der Waals surface area contributed by atoms with Gasteiger partial charge in [-0.1, -0.05) is 41.6 Å². The van der Waals surface area contributed by atoms with Crippen LogP contribution < -0.4 is 18.1 Å². The van der Waals surface area contributed by atoms with Gasteiger partial charge in [0.25, 0.3) is 5.22 Å². The molecule has 0 aliphatic carbocycles. The second kappa shape index (κ2) is 7.63. The minimum atomic E-state index is 0. The number of benzene rings is 1. The van der Waals surface area contributed by atoms with Crippen LogP contribution in [0.25, 0.3) is 0 Å². The Bertz CT molecular complexity index is 493. The lowest BCUT2D eigenvalue weighted by Crippen LogP contribution is -3.00. The lowest BCUT2D eigenvalue weighted by molar-refractivity contribution is -0.00000419. The maximum atomic E-state index is 6.05. The van der Waals surface area contributed by atoms with E-state index in [0.717, 1.165) is 10.6 Å². The Labute approximate surface area is 121 Å². The van der Waals surface area contributed by atoms with Crippen molar-refractivity contribution in [3.63, 3.8) is 0 Å². The Balaban J connectivity index is 0.00000162. The minimum Gasteiger partial charge on any atom is -1.00 e. The van der Waals surface area contributed by atoms with Crippen LogP contribution >= 0.6 is 23.4 Å². The second-order valence-electron chi connectivity index (χ2n) is 3.38. The fourth-order valence-corrected chi connectivity index (χ4v) is 2.34. The van der Waals surface area contributed by atoms with Crippen molar-refractivity contribution in [1.29, 1.82) is 0 Å². The number of halogens is 2. The van der Waals surface area contributed by atoms with Crippen molar-refractivity contribution in [2.24, 2.45) is 5.73 Å². The molecule has 0 atom stereocenters. The highest BCUT2D eigenvalue weighted by Gasteiger charge is 2.07. The fourth-order valence-electron chi connectivity index (χ4n) is 1.28. The largest absolute Gasteiger partial charge is 1.00 e. The zero-order valence-electron chi connectivity index (χ0n) is 9.47. The number of hydrogen-bond donors (Lipinski definition) is 1. The third-order valence-corrected chi connectivity index (χ3v) is 3.35. The van der Waals surface area contributed by atoms with Crippen LogP contribution in [0.1, 0.15) is 11.5 Å². The van der Waals surface area contributed by atoms with Gasteiger partial charge in [-0.25, -0.2) is 0 Å². The van der Waals surface area contributed by atoms with Crippen LogP contribution in [0.5, 0.6) is 0 Å². The third kappa shape index (κ3) is 4.17. The molecule has 0 bridgehead atoms. The molecule has 0 unspecified atom stereocenters. The highest BCUT2D eigenvalue weighted by atomic mass is 35.5. The molecule has 2 rings (SSSR count). The van der Waals surface area contributed by atoms with Gasteiger partial charge in [0, 0.05) is 23.7 Å². The van der Waals surface area contributed by atoms with Gasteiger partial charge in [-0.15, -0.1) is 10.2 Å². The summed E-state index contributed by atoms with van der Waals surface area (Å²) in [6, 6.07) is 7.70. The molecule has 0 radical (unpaired) electrons. The van der Waals surface area contributed by atoms with E-state index in [9.17, 15) is 0 Å². The SMILES string of the molecule is NCCc1nnc(SCc2ccccc2Cl)o1.[Cl-]. The second-order valence-corrected chi connectivity index (χ2v) is 4.71. The predicted octanol–water partition coefficient (Wildman–Crippen LogP) is -0.480. The van der Waals surface area contributed by atoms with Gasteiger partial charge in [-0.05, 0) is 11.6 Å². The van der Waals surface area contributed by atoms with Crippen LogP contribution in [0.15, 0.2) is 33.9 Å². The van der Waals surface area contributed by atoms with Gasteiger partial charge in [0.05, 0.1) is 0 Å². The molecular formula is C11H12Cl2N3OS-. The first kappa shape index (κ1) is 15.3. The van der Waals surface area contributed by atoms with Crippen molar-refractivity contribution in [2.45, 2.75) is 17.4 Å². The molecule has 0 aliphatic heterocycles. The Kier molecular flexibility index (Phi) is 6.49. The molecule has 1 aromatic carbocycles. The first-order chi connectivity index (χ1) is 8.29. The number of rotatable bonds is 5. The van der Waals surface area contributed by atoms with E-state index in [1.807, 2.05) is 24.3 Å². The maximum absolute atomic E-state index is 6.05. The molecule has 0 fully saturated rings. The smallest absolute Gasteiger partial charge is 0.276 e. The van der Waals surface area contributed by atoms with E-state index in [4.69, 9.17) is 21.8 Å². The molecule has 2 aromatic rings. The predicted molar refractivity (Wildman–Crippen MR) is 68.1 cm³/mol. The molecule has 0 amide bonds. The van der Waals surface area contributed by atoms with Crippen LogP contribution in [0.2, 0.25) is 5.02 Å². The lowest BCUT2D eigenvalue weighted by atomic mass is 10.2. The van der Waals surface area contributed by atoms with Crippen molar-refractivity contribution in [3.8, 4) is 0 Å². The van der Waals surface area contributed by atoms with Gasteiger partial charge in [-0.3, -0.25) is 0 Å². The van der Waals surface area contributed by atoms with Gasteiger partial charge in [0.1, 0.15) is 0 Å².